The zero-order valence-electron chi connectivity index (χ0n) is 20.4. The van der Waals surface area contributed by atoms with Crippen LogP contribution in [0.2, 0.25) is 0 Å². The molecule has 3 aromatic rings. The second kappa shape index (κ2) is 10.7. The molecule has 0 bridgehead atoms. The van der Waals surface area contributed by atoms with Gasteiger partial charge in [-0.05, 0) is 72.0 Å². The van der Waals surface area contributed by atoms with Crippen LogP contribution in [0.4, 0.5) is 5.69 Å². The van der Waals surface area contributed by atoms with E-state index >= 15 is 0 Å². The lowest BCUT2D eigenvalue weighted by Gasteiger charge is -2.35. The summed E-state index contributed by atoms with van der Waals surface area (Å²) in [5.74, 6) is 1.32. The van der Waals surface area contributed by atoms with Crippen LogP contribution in [0.25, 0.3) is 16.8 Å². The van der Waals surface area contributed by atoms with Crippen molar-refractivity contribution in [1.82, 2.24) is 4.90 Å². The van der Waals surface area contributed by atoms with Crippen molar-refractivity contribution in [2.75, 3.05) is 6.61 Å². The topological polar surface area (TPSA) is 41.9 Å². The van der Waals surface area contributed by atoms with Crippen LogP contribution < -0.4 is 4.74 Å². The number of hydrogen-bond donors (Lipinski definition) is 0. The number of nitrogens with zero attached hydrogens (tertiary/aromatic N) is 2. The molecule has 1 heterocycles. The van der Waals surface area contributed by atoms with E-state index < -0.39 is 0 Å². The minimum atomic E-state index is 0.0535. The first-order valence-electron chi connectivity index (χ1n) is 12.7. The van der Waals surface area contributed by atoms with Crippen molar-refractivity contribution in [2.45, 2.75) is 52.0 Å². The fourth-order valence-corrected chi connectivity index (χ4v) is 6.07. The second-order valence-electron chi connectivity index (χ2n) is 9.39. The monoisotopic (exact) mass is 484 g/mol. The first-order chi connectivity index (χ1) is 17.2. The van der Waals surface area contributed by atoms with Crippen LogP contribution in [0.5, 0.6) is 5.75 Å². The van der Waals surface area contributed by atoms with Crippen LogP contribution in [0.3, 0.4) is 0 Å². The average Bonchev–Trinajstić information content (AvgIpc) is 3.18. The maximum absolute atomic E-state index is 13.9. The van der Waals surface area contributed by atoms with Crippen molar-refractivity contribution in [1.29, 1.82) is 0 Å². The van der Waals surface area contributed by atoms with E-state index in [4.69, 9.17) is 9.73 Å². The number of ether oxygens (including phenoxy) is 1. The number of fused-ring (bicyclic) bond motifs is 1. The highest BCUT2D eigenvalue weighted by Gasteiger charge is 2.41. The van der Waals surface area contributed by atoms with Crippen molar-refractivity contribution >= 4 is 45.4 Å². The lowest BCUT2D eigenvalue weighted by atomic mass is 9.85. The van der Waals surface area contributed by atoms with E-state index in [1.54, 1.807) is 0 Å². The number of benzene rings is 3. The molecule has 1 aliphatic carbocycles. The van der Waals surface area contributed by atoms with Crippen molar-refractivity contribution in [3.63, 3.8) is 0 Å². The number of carbonyl (C=O) groups is 1. The maximum Gasteiger partial charge on any atom is 0.267 e. The molecular formula is C30H32N2O2S. The van der Waals surface area contributed by atoms with E-state index in [-0.39, 0.29) is 11.9 Å². The fourth-order valence-electron chi connectivity index (χ4n) is 5.04. The minimum Gasteiger partial charge on any atom is -0.493 e. The molecule has 35 heavy (non-hydrogen) atoms. The molecule has 1 amide bonds. The highest BCUT2D eigenvalue weighted by molar-refractivity contribution is 8.18. The molecule has 2 atom stereocenters. The van der Waals surface area contributed by atoms with Gasteiger partial charge in [0.05, 0.1) is 17.2 Å². The van der Waals surface area contributed by atoms with Gasteiger partial charge in [-0.2, -0.15) is 0 Å². The number of hydrogen-bond acceptors (Lipinski definition) is 4. The van der Waals surface area contributed by atoms with Crippen molar-refractivity contribution in [3.05, 3.63) is 77.2 Å². The van der Waals surface area contributed by atoms with Gasteiger partial charge in [-0.15, -0.1) is 0 Å². The molecule has 0 spiro atoms. The Hall–Kier alpha value is -3.05. The summed E-state index contributed by atoms with van der Waals surface area (Å²) in [6.07, 6.45) is 7.50. The van der Waals surface area contributed by atoms with Crippen molar-refractivity contribution < 1.29 is 9.53 Å². The van der Waals surface area contributed by atoms with E-state index in [1.165, 1.54) is 18.2 Å². The Kier molecular flexibility index (Phi) is 7.24. The van der Waals surface area contributed by atoms with E-state index in [9.17, 15) is 4.79 Å². The van der Waals surface area contributed by atoms with Crippen LogP contribution >= 0.6 is 11.8 Å². The Morgan fingerprint density at radius 1 is 1.03 bits per heavy atom. The lowest BCUT2D eigenvalue weighted by Crippen LogP contribution is -2.44. The molecular weight excluding hydrogens is 452 g/mol. The third-order valence-corrected chi connectivity index (χ3v) is 7.87. The van der Waals surface area contributed by atoms with E-state index in [0.29, 0.717) is 17.4 Å². The Morgan fingerprint density at radius 3 is 2.60 bits per heavy atom. The molecule has 0 unspecified atom stereocenters. The number of para-hydroxylation sites is 1. The third kappa shape index (κ3) is 5.01. The molecule has 5 rings (SSSR count). The summed E-state index contributed by atoms with van der Waals surface area (Å²) in [6.45, 7) is 5.01. The first-order valence-corrected chi connectivity index (χ1v) is 13.5. The predicted octanol–water partition coefficient (Wildman–Crippen LogP) is 7.81. The summed E-state index contributed by atoms with van der Waals surface area (Å²) in [7, 11) is 0. The zero-order chi connectivity index (χ0) is 24.2. The largest absolute Gasteiger partial charge is 0.493 e. The van der Waals surface area contributed by atoms with Gasteiger partial charge >= 0.3 is 0 Å². The lowest BCUT2D eigenvalue weighted by molar-refractivity contribution is -0.124. The van der Waals surface area contributed by atoms with Gasteiger partial charge in [0.15, 0.2) is 5.17 Å². The third-order valence-electron chi connectivity index (χ3n) is 6.88. The smallest absolute Gasteiger partial charge is 0.267 e. The molecule has 3 aromatic carbocycles. The second-order valence-corrected chi connectivity index (χ2v) is 10.4. The van der Waals surface area contributed by atoms with Crippen LogP contribution in [0.1, 0.15) is 51.5 Å². The summed E-state index contributed by atoms with van der Waals surface area (Å²) >= 11 is 1.49. The predicted molar refractivity (Wildman–Crippen MR) is 147 cm³/mol. The van der Waals surface area contributed by atoms with Gasteiger partial charge in [-0.25, -0.2) is 4.99 Å². The molecule has 0 N–H and O–H groups in total. The van der Waals surface area contributed by atoms with E-state index in [2.05, 4.69) is 32.0 Å². The number of amidine groups is 1. The van der Waals surface area contributed by atoms with Crippen LogP contribution in [-0.4, -0.2) is 28.6 Å². The molecule has 180 valence electrons. The molecule has 5 heteroatoms. The minimum absolute atomic E-state index is 0.0535. The highest BCUT2D eigenvalue weighted by atomic mass is 32.2. The van der Waals surface area contributed by atoms with Crippen LogP contribution in [0.15, 0.2) is 76.6 Å². The van der Waals surface area contributed by atoms with E-state index in [0.717, 1.165) is 58.6 Å². The van der Waals surface area contributed by atoms with Gasteiger partial charge in [0.1, 0.15) is 5.75 Å². The molecule has 4 nitrogen and oxygen atoms in total. The number of amides is 1. The van der Waals surface area contributed by atoms with Gasteiger partial charge < -0.3 is 4.74 Å². The number of rotatable bonds is 6. The van der Waals surface area contributed by atoms with Gasteiger partial charge in [-0.3, -0.25) is 9.69 Å². The molecule has 2 fully saturated rings. The van der Waals surface area contributed by atoms with Gasteiger partial charge in [-0.1, -0.05) is 75.2 Å². The van der Waals surface area contributed by atoms with Crippen LogP contribution in [0, 0.1) is 5.92 Å². The SMILES string of the molecule is CCCOc1ccc2ccccc2c1/C=C1\SC(=Nc2ccccc2)N([C@@H]2CCCC[C@@H]2C)C1=O. The summed E-state index contributed by atoms with van der Waals surface area (Å²) in [4.78, 5) is 21.6. The molecule has 1 saturated heterocycles. The summed E-state index contributed by atoms with van der Waals surface area (Å²) in [5.41, 5.74) is 1.83. The molecule has 2 aliphatic rings. The number of thioether (sulfide) groups is 1. The Morgan fingerprint density at radius 2 is 1.80 bits per heavy atom. The molecule has 0 radical (unpaired) electrons. The Bertz CT molecular complexity index is 1270. The van der Waals surface area contributed by atoms with Gasteiger partial charge in [0, 0.05) is 11.6 Å². The molecule has 1 saturated carbocycles. The molecule has 0 aromatic heterocycles. The quantitative estimate of drug-likeness (QED) is 0.335. The number of carbonyl (C=O) groups excluding carboxylic acids is 1. The average molecular weight is 485 g/mol. The van der Waals surface area contributed by atoms with Crippen molar-refractivity contribution in [2.24, 2.45) is 10.9 Å². The number of aliphatic imine (C=N–C) groups is 1. The standard InChI is InChI=1S/C30H32N2O2S/c1-3-19-34-27-18-17-22-12-8-9-15-24(22)25(27)20-28-29(33)32(26-16-10-7-11-21(26)2)30(35-28)31-23-13-5-4-6-14-23/h4-6,8-9,12-15,17-18,20-21,26H,3,7,10-11,16,19H2,1-2H3/b28-20-,31-30?/t21-,26+/m0/s1. The summed E-state index contributed by atoms with van der Waals surface area (Å²) in [5, 5.41) is 3.00. The van der Waals surface area contributed by atoms with Crippen LogP contribution in [-0.2, 0) is 4.79 Å². The highest BCUT2D eigenvalue weighted by Crippen LogP contribution is 2.41. The first kappa shape index (κ1) is 23.7. The zero-order valence-corrected chi connectivity index (χ0v) is 21.3. The van der Waals surface area contributed by atoms with Gasteiger partial charge in [0.25, 0.3) is 5.91 Å². The van der Waals surface area contributed by atoms with Gasteiger partial charge in [0.2, 0.25) is 0 Å². The maximum atomic E-state index is 13.9. The Labute approximate surface area is 212 Å². The fraction of sp³-hybridized carbons (Fsp3) is 0.333. The van der Waals surface area contributed by atoms with Crippen molar-refractivity contribution in [3.8, 4) is 5.75 Å². The molecule has 1 aliphatic heterocycles. The summed E-state index contributed by atoms with van der Waals surface area (Å²) < 4.78 is 6.11. The van der Waals surface area contributed by atoms with E-state index in [1.807, 2.05) is 59.5 Å². The summed E-state index contributed by atoms with van der Waals surface area (Å²) in [6, 6.07) is 22.5. The normalized spacial score (nSPS) is 22.9. The Balaban J connectivity index is 1.60.